The lowest BCUT2D eigenvalue weighted by Gasteiger charge is -2.12. The molecule has 2 amide bonds. The van der Waals surface area contributed by atoms with Crippen molar-refractivity contribution in [2.24, 2.45) is 0 Å². The van der Waals surface area contributed by atoms with Gasteiger partial charge in [-0.3, -0.25) is 9.59 Å². The summed E-state index contributed by atoms with van der Waals surface area (Å²) in [5, 5.41) is 7.56. The zero-order valence-electron chi connectivity index (χ0n) is 18.9. The first kappa shape index (κ1) is 25.8. The molecule has 3 rings (SSSR count). The van der Waals surface area contributed by atoms with Gasteiger partial charge in [0.1, 0.15) is 22.2 Å². The van der Waals surface area contributed by atoms with Crippen molar-refractivity contribution in [3.05, 3.63) is 70.2 Å². The van der Waals surface area contributed by atoms with Crippen molar-refractivity contribution < 1.29 is 32.2 Å². The summed E-state index contributed by atoms with van der Waals surface area (Å²) in [6.45, 7) is 0.117. The minimum absolute atomic E-state index is 0.102. The van der Waals surface area contributed by atoms with E-state index >= 15 is 0 Å². The van der Waals surface area contributed by atoms with Crippen LogP contribution in [0.2, 0.25) is 0 Å². The summed E-state index contributed by atoms with van der Waals surface area (Å²) in [5.41, 5.74) is 2.26. The van der Waals surface area contributed by atoms with Crippen LogP contribution in [0.25, 0.3) is 0 Å². The number of ether oxygens (including phenoxy) is 2. The minimum Gasteiger partial charge on any atom is -0.484 e. The summed E-state index contributed by atoms with van der Waals surface area (Å²) in [6.07, 6.45) is -4.78. The van der Waals surface area contributed by atoms with Gasteiger partial charge in [0.15, 0.2) is 6.61 Å². The van der Waals surface area contributed by atoms with Crippen molar-refractivity contribution in [2.45, 2.75) is 19.5 Å². The smallest absolute Gasteiger partial charge is 0.484 e. The average molecular weight is 509 g/mol. The third kappa shape index (κ3) is 8.49. The fourth-order valence-corrected chi connectivity index (χ4v) is 3.51. The summed E-state index contributed by atoms with van der Waals surface area (Å²) in [6, 6.07) is 12.5. The number of benzene rings is 2. The van der Waals surface area contributed by atoms with E-state index in [1.54, 1.807) is 5.38 Å². The second kappa shape index (κ2) is 11.6. The second-order valence-electron chi connectivity index (χ2n) is 7.45. The Labute approximate surface area is 203 Å². The molecule has 186 valence electrons. The van der Waals surface area contributed by atoms with Crippen molar-refractivity contribution in [2.75, 3.05) is 25.6 Å². The molecule has 0 unspecified atom stereocenters. The van der Waals surface area contributed by atoms with Gasteiger partial charge >= 0.3 is 6.36 Å². The van der Waals surface area contributed by atoms with E-state index in [2.05, 4.69) is 20.4 Å². The molecule has 1 aromatic heterocycles. The van der Waals surface area contributed by atoms with Gasteiger partial charge in [0.25, 0.3) is 11.8 Å². The molecule has 0 aliphatic heterocycles. The van der Waals surface area contributed by atoms with Gasteiger partial charge in [0.05, 0.1) is 6.54 Å². The number of alkyl halides is 3. The number of hydrogen-bond acceptors (Lipinski definition) is 7. The van der Waals surface area contributed by atoms with E-state index in [1.807, 2.05) is 43.3 Å². The topological polar surface area (TPSA) is 92.8 Å². The van der Waals surface area contributed by atoms with Crippen LogP contribution in [0, 0.1) is 0 Å². The average Bonchev–Trinajstić information content (AvgIpc) is 3.29. The fourth-order valence-electron chi connectivity index (χ4n) is 2.79. The highest BCUT2D eigenvalue weighted by Gasteiger charge is 2.31. The Balaban J connectivity index is 1.40. The maximum Gasteiger partial charge on any atom is 0.573 e. The molecule has 0 aliphatic carbocycles. The molecule has 0 bridgehead atoms. The first-order chi connectivity index (χ1) is 16.6. The molecular formula is C23H23F3N4O4S. The van der Waals surface area contributed by atoms with Crippen molar-refractivity contribution in [3.8, 4) is 11.5 Å². The molecule has 8 nitrogen and oxygen atoms in total. The van der Waals surface area contributed by atoms with E-state index in [9.17, 15) is 22.8 Å². The number of nitrogens with one attached hydrogen (secondary N) is 2. The zero-order valence-corrected chi connectivity index (χ0v) is 19.7. The van der Waals surface area contributed by atoms with Crippen LogP contribution in [0.3, 0.4) is 0 Å². The van der Waals surface area contributed by atoms with Crippen LogP contribution in [0.15, 0.2) is 53.9 Å². The van der Waals surface area contributed by atoms with Crippen molar-refractivity contribution >= 4 is 28.8 Å². The monoisotopic (exact) mass is 508 g/mol. The normalized spacial score (nSPS) is 11.0. The Hall–Kier alpha value is -3.80. The molecule has 35 heavy (non-hydrogen) atoms. The number of rotatable bonds is 10. The molecule has 2 aromatic carbocycles. The number of nitrogens with zero attached hydrogens (tertiary/aromatic N) is 2. The van der Waals surface area contributed by atoms with Gasteiger partial charge in [-0.15, -0.1) is 24.5 Å². The Morgan fingerprint density at radius 1 is 0.971 bits per heavy atom. The number of halogens is 3. The van der Waals surface area contributed by atoms with Crippen LogP contribution in [-0.4, -0.2) is 43.9 Å². The largest absolute Gasteiger partial charge is 0.573 e. The highest BCUT2D eigenvalue weighted by atomic mass is 32.1. The first-order valence-corrected chi connectivity index (χ1v) is 11.2. The lowest BCUT2D eigenvalue weighted by molar-refractivity contribution is -0.274. The molecule has 3 aromatic rings. The van der Waals surface area contributed by atoms with Gasteiger partial charge in [-0.05, 0) is 42.0 Å². The van der Waals surface area contributed by atoms with Crippen LogP contribution in [0.4, 0.5) is 18.9 Å². The second-order valence-corrected chi connectivity index (χ2v) is 8.40. The molecule has 0 saturated carbocycles. The number of aromatic nitrogens is 1. The third-order valence-electron chi connectivity index (χ3n) is 4.55. The molecule has 12 heteroatoms. The van der Waals surface area contributed by atoms with Gasteiger partial charge in [0, 0.05) is 31.7 Å². The summed E-state index contributed by atoms with van der Waals surface area (Å²) in [4.78, 5) is 30.6. The van der Waals surface area contributed by atoms with E-state index in [1.165, 1.54) is 23.5 Å². The van der Waals surface area contributed by atoms with Gasteiger partial charge in [-0.2, -0.15) is 0 Å². The Bertz CT molecular complexity index is 1130. The molecule has 0 fully saturated rings. The number of carbonyl (C=O) groups is 2. The molecule has 1 heterocycles. The van der Waals surface area contributed by atoms with E-state index in [-0.39, 0.29) is 36.3 Å². The van der Waals surface area contributed by atoms with Crippen LogP contribution in [0.1, 0.15) is 21.1 Å². The molecule has 0 radical (unpaired) electrons. The van der Waals surface area contributed by atoms with Crippen molar-refractivity contribution in [3.63, 3.8) is 0 Å². The van der Waals surface area contributed by atoms with Gasteiger partial charge in [-0.25, -0.2) is 4.98 Å². The van der Waals surface area contributed by atoms with Crippen LogP contribution < -0.4 is 25.0 Å². The summed E-state index contributed by atoms with van der Waals surface area (Å²) < 4.78 is 45.5. The quantitative estimate of drug-likeness (QED) is 0.434. The number of thiazole rings is 1. The van der Waals surface area contributed by atoms with Crippen molar-refractivity contribution in [1.29, 1.82) is 0 Å². The van der Waals surface area contributed by atoms with Gasteiger partial charge < -0.3 is 25.0 Å². The van der Waals surface area contributed by atoms with Crippen molar-refractivity contribution in [1.82, 2.24) is 15.6 Å². The maximum atomic E-state index is 12.4. The fraction of sp³-hybridized carbons (Fsp3) is 0.261. The molecule has 2 N–H and O–H groups in total. The Morgan fingerprint density at radius 2 is 1.63 bits per heavy atom. The summed E-state index contributed by atoms with van der Waals surface area (Å²) in [5.74, 6) is -0.959. The van der Waals surface area contributed by atoms with Crippen LogP contribution >= 0.6 is 11.3 Å². The van der Waals surface area contributed by atoms with Gasteiger partial charge in [-0.1, -0.05) is 12.1 Å². The first-order valence-electron chi connectivity index (χ1n) is 10.3. The lowest BCUT2D eigenvalue weighted by atomic mass is 10.2. The van der Waals surface area contributed by atoms with Crippen LogP contribution in [-0.2, 0) is 17.9 Å². The molecule has 0 saturated heterocycles. The minimum atomic E-state index is -4.78. The van der Waals surface area contributed by atoms with E-state index in [0.29, 0.717) is 11.6 Å². The van der Waals surface area contributed by atoms with E-state index < -0.39 is 12.3 Å². The van der Waals surface area contributed by atoms with E-state index in [0.717, 1.165) is 23.4 Å². The van der Waals surface area contributed by atoms with Gasteiger partial charge in [0.2, 0.25) is 0 Å². The molecular weight excluding hydrogens is 485 g/mol. The molecule has 0 spiro atoms. The third-order valence-corrected chi connectivity index (χ3v) is 5.40. The predicted molar refractivity (Wildman–Crippen MR) is 125 cm³/mol. The zero-order chi connectivity index (χ0) is 25.4. The molecule has 0 atom stereocenters. The van der Waals surface area contributed by atoms with Crippen LogP contribution in [0.5, 0.6) is 11.5 Å². The standard InChI is InChI=1S/C23H23F3N4O4S/c1-30(2)16-5-3-15(4-6-16)11-28-22(32)19-14-35-21(29-19)12-27-20(31)13-33-17-7-9-18(10-8-17)34-23(24,25)26/h3-10,14H,11-13H2,1-2H3,(H,27,31)(H,28,32). The highest BCUT2D eigenvalue weighted by molar-refractivity contribution is 7.09. The summed E-state index contributed by atoms with van der Waals surface area (Å²) >= 11 is 1.23. The number of hydrogen-bond donors (Lipinski definition) is 2. The lowest BCUT2D eigenvalue weighted by Crippen LogP contribution is -2.28. The number of carbonyl (C=O) groups excluding carboxylic acids is 2. The highest BCUT2D eigenvalue weighted by Crippen LogP contribution is 2.24. The predicted octanol–water partition coefficient (Wildman–Crippen LogP) is 3.73. The Morgan fingerprint density at radius 3 is 2.26 bits per heavy atom. The SMILES string of the molecule is CN(C)c1ccc(CNC(=O)c2csc(CNC(=O)COc3ccc(OC(F)(F)F)cc3)n2)cc1. The molecule has 0 aliphatic rings. The number of anilines is 1. The van der Waals surface area contributed by atoms with E-state index in [4.69, 9.17) is 4.74 Å². The summed E-state index contributed by atoms with van der Waals surface area (Å²) in [7, 11) is 3.90. The Kier molecular flexibility index (Phi) is 8.53. The number of amides is 2. The maximum absolute atomic E-state index is 12.4.